The van der Waals surface area contributed by atoms with Crippen LogP contribution in [0.4, 0.5) is 11.8 Å². The molecule has 8 nitrogen and oxygen atoms in total. The number of hydrogen-bond acceptors (Lipinski definition) is 7. The minimum absolute atomic E-state index is 0.0827. The monoisotopic (exact) mass is 389 g/mol. The van der Waals surface area contributed by atoms with E-state index in [0.717, 1.165) is 36.5 Å². The second-order valence-corrected chi connectivity index (χ2v) is 7.23. The molecule has 0 aromatic carbocycles. The van der Waals surface area contributed by atoms with Crippen LogP contribution in [-0.2, 0) is 0 Å². The Hall–Kier alpha value is -3.42. The Morgan fingerprint density at radius 1 is 1.14 bits per heavy atom. The van der Waals surface area contributed by atoms with Crippen LogP contribution >= 0.6 is 0 Å². The standard InChI is InChI=1S/C21H23N7O/c1-14-11-15(2)25-21(24-14)27-19-7-3-6-17(26-19)16-5-4-10-28(13-16)20(29)18-12-22-8-9-23-18/h3,6-9,11-12,16H,4-5,10,13H2,1-2H3,(H,24,25,26,27)/t16-/m1/s1. The molecule has 4 heterocycles. The van der Waals surface area contributed by atoms with Crippen molar-refractivity contribution in [1.29, 1.82) is 0 Å². The summed E-state index contributed by atoms with van der Waals surface area (Å²) in [4.78, 5) is 36.3. The van der Waals surface area contributed by atoms with Gasteiger partial charge in [-0.2, -0.15) is 0 Å². The number of amides is 1. The summed E-state index contributed by atoms with van der Waals surface area (Å²) >= 11 is 0. The zero-order valence-electron chi connectivity index (χ0n) is 16.5. The van der Waals surface area contributed by atoms with E-state index in [-0.39, 0.29) is 11.8 Å². The predicted octanol–water partition coefficient (Wildman–Crippen LogP) is 3.04. The SMILES string of the molecule is Cc1cc(C)nc(Nc2cccc([C@@H]3CCCN(C(=O)c4cnccn4)C3)n2)n1. The van der Waals surface area contributed by atoms with Gasteiger partial charge in [-0.3, -0.25) is 9.78 Å². The lowest BCUT2D eigenvalue weighted by Gasteiger charge is -2.32. The van der Waals surface area contributed by atoms with Crippen molar-refractivity contribution < 1.29 is 4.79 Å². The molecular weight excluding hydrogens is 366 g/mol. The van der Waals surface area contributed by atoms with E-state index in [1.807, 2.05) is 43.0 Å². The first-order chi connectivity index (χ1) is 14.1. The average molecular weight is 389 g/mol. The molecule has 1 saturated heterocycles. The lowest BCUT2D eigenvalue weighted by Crippen LogP contribution is -2.39. The van der Waals surface area contributed by atoms with E-state index in [0.29, 0.717) is 24.0 Å². The third-order valence-electron chi connectivity index (χ3n) is 4.90. The topological polar surface area (TPSA) is 96.8 Å². The Balaban J connectivity index is 1.49. The largest absolute Gasteiger partial charge is 0.337 e. The third kappa shape index (κ3) is 4.53. The molecule has 29 heavy (non-hydrogen) atoms. The van der Waals surface area contributed by atoms with Gasteiger partial charge < -0.3 is 10.2 Å². The van der Waals surface area contributed by atoms with Crippen LogP contribution in [-0.4, -0.2) is 48.8 Å². The fourth-order valence-electron chi connectivity index (χ4n) is 3.62. The lowest BCUT2D eigenvalue weighted by atomic mass is 9.94. The first-order valence-electron chi connectivity index (χ1n) is 9.70. The van der Waals surface area contributed by atoms with Crippen LogP contribution in [0.15, 0.2) is 42.9 Å². The summed E-state index contributed by atoms with van der Waals surface area (Å²) in [5, 5.41) is 3.19. The molecule has 1 aliphatic heterocycles. The van der Waals surface area contributed by atoms with E-state index in [9.17, 15) is 4.79 Å². The Labute approximate surface area is 169 Å². The van der Waals surface area contributed by atoms with Crippen LogP contribution in [0.1, 0.15) is 46.3 Å². The third-order valence-corrected chi connectivity index (χ3v) is 4.90. The number of aromatic nitrogens is 5. The lowest BCUT2D eigenvalue weighted by molar-refractivity contribution is 0.0699. The van der Waals surface area contributed by atoms with Gasteiger partial charge in [0.2, 0.25) is 5.95 Å². The number of aryl methyl sites for hydroxylation is 2. The summed E-state index contributed by atoms with van der Waals surface area (Å²) in [5.41, 5.74) is 3.14. The van der Waals surface area contributed by atoms with Crippen molar-refractivity contribution in [3.8, 4) is 0 Å². The van der Waals surface area contributed by atoms with Crippen molar-refractivity contribution in [2.45, 2.75) is 32.6 Å². The fourth-order valence-corrected chi connectivity index (χ4v) is 3.62. The number of nitrogens with one attached hydrogen (secondary N) is 1. The van der Waals surface area contributed by atoms with Crippen LogP contribution in [0, 0.1) is 13.8 Å². The van der Waals surface area contributed by atoms with Crippen molar-refractivity contribution in [3.63, 3.8) is 0 Å². The smallest absolute Gasteiger partial charge is 0.274 e. The van der Waals surface area contributed by atoms with Crippen molar-refractivity contribution in [3.05, 3.63) is 65.6 Å². The molecule has 0 bridgehead atoms. The Morgan fingerprint density at radius 3 is 2.72 bits per heavy atom. The molecule has 8 heteroatoms. The summed E-state index contributed by atoms with van der Waals surface area (Å²) < 4.78 is 0. The maximum Gasteiger partial charge on any atom is 0.274 e. The van der Waals surface area contributed by atoms with E-state index < -0.39 is 0 Å². The molecule has 1 N–H and O–H groups in total. The maximum absolute atomic E-state index is 12.7. The normalized spacial score (nSPS) is 16.5. The molecule has 0 saturated carbocycles. The summed E-state index contributed by atoms with van der Waals surface area (Å²) in [5.74, 6) is 1.33. The molecule has 1 fully saturated rings. The highest BCUT2D eigenvalue weighted by molar-refractivity contribution is 5.92. The van der Waals surface area contributed by atoms with Crippen LogP contribution in [0.2, 0.25) is 0 Å². The number of piperidine rings is 1. The molecule has 0 spiro atoms. The van der Waals surface area contributed by atoms with Gasteiger partial charge in [0.15, 0.2) is 0 Å². The highest BCUT2D eigenvalue weighted by Crippen LogP contribution is 2.27. The second-order valence-electron chi connectivity index (χ2n) is 7.23. The zero-order valence-corrected chi connectivity index (χ0v) is 16.5. The summed E-state index contributed by atoms with van der Waals surface area (Å²) in [6.45, 7) is 5.22. The quantitative estimate of drug-likeness (QED) is 0.732. The van der Waals surface area contributed by atoms with Crippen molar-refractivity contribution in [2.75, 3.05) is 18.4 Å². The van der Waals surface area contributed by atoms with Crippen molar-refractivity contribution in [1.82, 2.24) is 29.8 Å². The number of hydrogen-bond donors (Lipinski definition) is 1. The molecule has 0 aliphatic carbocycles. The van der Waals surface area contributed by atoms with Gasteiger partial charge in [-0.15, -0.1) is 0 Å². The molecule has 1 atom stereocenters. The van der Waals surface area contributed by atoms with Crippen LogP contribution in [0.25, 0.3) is 0 Å². The Morgan fingerprint density at radius 2 is 1.97 bits per heavy atom. The first kappa shape index (κ1) is 18.9. The number of pyridine rings is 1. The predicted molar refractivity (Wildman–Crippen MR) is 109 cm³/mol. The van der Waals surface area contributed by atoms with Gasteiger partial charge in [-0.05, 0) is 44.9 Å². The molecule has 1 amide bonds. The molecule has 148 valence electrons. The number of anilines is 2. The van der Waals surface area contributed by atoms with Gasteiger partial charge in [-0.25, -0.2) is 19.9 Å². The summed E-state index contributed by atoms with van der Waals surface area (Å²) in [7, 11) is 0. The number of rotatable bonds is 4. The van der Waals surface area contributed by atoms with Gasteiger partial charge in [-0.1, -0.05) is 6.07 Å². The summed E-state index contributed by atoms with van der Waals surface area (Å²) in [6.07, 6.45) is 6.54. The highest BCUT2D eigenvalue weighted by Gasteiger charge is 2.27. The van der Waals surface area contributed by atoms with Gasteiger partial charge >= 0.3 is 0 Å². The van der Waals surface area contributed by atoms with E-state index in [1.54, 1.807) is 12.4 Å². The van der Waals surface area contributed by atoms with Gasteiger partial charge in [0.1, 0.15) is 11.5 Å². The number of nitrogens with zero attached hydrogens (tertiary/aromatic N) is 6. The molecule has 1 aliphatic rings. The average Bonchev–Trinajstić information content (AvgIpc) is 2.73. The first-order valence-corrected chi connectivity index (χ1v) is 9.70. The number of carbonyl (C=O) groups excluding carboxylic acids is 1. The summed E-state index contributed by atoms with van der Waals surface area (Å²) in [6, 6.07) is 7.81. The number of carbonyl (C=O) groups is 1. The molecular formula is C21H23N7O. The molecule has 3 aromatic rings. The van der Waals surface area contributed by atoms with E-state index in [4.69, 9.17) is 4.98 Å². The minimum atomic E-state index is -0.0827. The van der Waals surface area contributed by atoms with Gasteiger partial charge in [0.05, 0.1) is 6.20 Å². The minimum Gasteiger partial charge on any atom is -0.337 e. The maximum atomic E-state index is 12.7. The fraction of sp³-hybridized carbons (Fsp3) is 0.333. The van der Waals surface area contributed by atoms with E-state index in [2.05, 4.69) is 25.3 Å². The van der Waals surface area contributed by atoms with Crippen molar-refractivity contribution >= 4 is 17.7 Å². The van der Waals surface area contributed by atoms with E-state index in [1.165, 1.54) is 6.20 Å². The van der Waals surface area contributed by atoms with Crippen LogP contribution in [0.5, 0.6) is 0 Å². The highest BCUT2D eigenvalue weighted by atomic mass is 16.2. The zero-order chi connectivity index (χ0) is 20.2. The van der Waals surface area contributed by atoms with Crippen LogP contribution in [0.3, 0.4) is 0 Å². The van der Waals surface area contributed by atoms with Gasteiger partial charge in [0, 0.05) is 48.5 Å². The molecule has 0 unspecified atom stereocenters. The van der Waals surface area contributed by atoms with Crippen molar-refractivity contribution in [2.24, 2.45) is 0 Å². The Bertz CT molecular complexity index is 989. The number of likely N-dealkylation sites (tertiary alicyclic amines) is 1. The molecule has 3 aromatic heterocycles. The van der Waals surface area contributed by atoms with E-state index >= 15 is 0 Å². The van der Waals surface area contributed by atoms with Crippen LogP contribution < -0.4 is 5.32 Å². The van der Waals surface area contributed by atoms with Gasteiger partial charge in [0.25, 0.3) is 5.91 Å². The molecule has 4 rings (SSSR count). The Kier molecular flexibility index (Phi) is 5.41. The molecule has 0 radical (unpaired) electrons. The second kappa shape index (κ2) is 8.30.